The van der Waals surface area contributed by atoms with E-state index in [1.165, 1.54) is 48.6 Å². The maximum atomic E-state index is 12.5. The van der Waals surface area contributed by atoms with Crippen LogP contribution in [0.5, 0.6) is 5.75 Å². The molecule has 3 heterocycles. The van der Waals surface area contributed by atoms with Crippen LogP contribution in [0.15, 0.2) is 41.8 Å². The summed E-state index contributed by atoms with van der Waals surface area (Å²) in [6, 6.07) is 5.83. The number of fused-ring (bicyclic) bond motifs is 1. The van der Waals surface area contributed by atoms with Gasteiger partial charge in [-0.1, -0.05) is 0 Å². The molecule has 0 aliphatic carbocycles. The lowest BCUT2D eigenvalue weighted by atomic mass is 10.1. The minimum atomic E-state index is -3.86. The monoisotopic (exact) mass is 436 g/mol. The molecule has 0 amide bonds. The zero-order valence-corrected chi connectivity index (χ0v) is 16.6. The maximum absolute atomic E-state index is 12.5. The van der Waals surface area contributed by atoms with E-state index in [1.54, 1.807) is 0 Å². The van der Waals surface area contributed by atoms with Crippen molar-refractivity contribution in [2.75, 3.05) is 19.4 Å². The van der Waals surface area contributed by atoms with Crippen LogP contribution in [0.2, 0.25) is 0 Å². The number of sulfonamides is 1. The van der Waals surface area contributed by atoms with Gasteiger partial charge in [-0.15, -0.1) is 0 Å². The number of nitrogens with one attached hydrogen (secondary N) is 1. The first-order valence-corrected chi connectivity index (χ1v) is 10.4. The molecule has 4 unspecified atom stereocenters. The number of nitrogens with two attached hydrogens (primary N) is 1. The first-order valence-electron chi connectivity index (χ1n) is 8.90. The van der Waals surface area contributed by atoms with E-state index in [9.17, 15) is 18.6 Å². The average Bonchev–Trinajstić information content (AvgIpc) is 3.29. The van der Waals surface area contributed by atoms with Crippen LogP contribution in [0, 0.1) is 0 Å². The predicted molar refractivity (Wildman–Crippen MR) is 104 cm³/mol. The highest BCUT2D eigenvalue weighted by molar-refractivity contribution is 7.89. The van der Waals surface area contributed by atoms with Crippen LogP contribution in [0.25, 0.3) is 11.2 Å². The Balaban J connectivity index is 1.50. The van der Waals surface area contributed by atoms with Crippen LogP contribution in [0.1, 0.15) is 6.23 Å². The molecule has 13 heteroatoms. The highest BCUT2D eigenvalue weighted by Crippen LogP contribution is 2.32. The van der Waals surface area contributed by atoms with Crippen LogP contribution in [-0.2, 0) is 14.8 Å². The van der Waals surface area contributed by atoms with Crippen LogP contribution in [-0.4, -0.2) is 70.1 Å². The highest BCUT2D eigenvalue weighted by atomic mass is 32.2. The first-order chi connectivity index (χ1) is 14.3. The van der Waals surface area contributed by atoms with E-state index in [0.29, 0.717) is 16.9 Å². The normalized spacial score (nSPS) is 24.4. The second-order valence-corrected chi connectivity index (χ2v) is 8.42. The van der Waals surface area contributed by atoms with Crippen LogP contribution in [0.4, 0.5) is 5.82 Å². The van der Waals surface area contributed by atoms with Crippen LogP contribution in [0.3, 0.4) is 0 Å². The number of ether oxygens (including phenoxy) is 2. The van der Waals surface area contributed by atoms with Crippen molar-refractivity contribution in [2.45, 2.75) is 29.4 Å². The largest absolute Gasteiger partial charge is 0.497 e. The predicted octanol–water partition coefficient (Wildman–Crippen LogP) is -0.985. The molecule has 5 N–H and O–H groups in total. The molecule has 30 heavy (non-hydrogen) atoms. The molecule has 4 atom stereocenters. The fourth-order valence-corrected chi connectivity index (χ4v) is 4.26. The van der Waals surface area contributed by atoms with Crippen molar-refractivity contribution in [3.8, 4) is 5.75 Å². The summed E-state index contributed by atoms with van der Waals surface area (Å²) in [6.07, 6.45) is -2.11. The molecule has 2 aromatic heterocycles. The number of benzene rings is 1. The molecule has 160 valence electrons. The number of aliphatic hydroxyl groups excluding tert-OH is 2. The summed E-state index contributed by atoms with van der Waals surface area (Å²) >= 11 is 0. The number of nitrogen functional groups attached to an aromatic ring is 1. The Labute approximate surface area is 171 Å². The summed E-state index contributed by atoms with van der Waals surface area (Å²) in [5, 5.41) is 20.8. The average molecular weight is 436 g/mol. The van der Waals surface area contributed by atoms with Crippen LogP contribution < -0.4 is 15.2 Å². The quantitative estimate of drug-likeness (QED) is 0.376. The van der Waals surface area contributed by atoms with E-state index in [-0.39, 0.29) is 17.3 Å². The molecule has 1 aromatic carbocycles. The van der Waals surface area contributed by atoms with E-state index in [4.69, 9.17) is 15.2 Å². The second-order valence-electron chi connectivity index (χ2n) is 6.66. The Morgan fingerprint density at radius 2 is 1.93 bits per heavy atom. The highest BCUT2D eigenvalue weighted by Gasteiger charge is 2.44. The summed E-state index contributed by atoms with van der Waals surface area (Å²) in [5.74, 6) is 0.682. The van der Waals surface area contributed by atoms with Gasteiger partial charge in [0, 0.05) is 6.54 Å². The number of anilines is 1. The van der Waals surface area contributed by atoms with Gasteiger partial charge in [-0.3, -0.25) is 4.57 Å². The van der Waals surface area contributed by atoms with Crippen molar-refractivity contribution in [3.05, 3.63) is 36.9 Å². The molecular weight excluding hydrogens is 416 g/mol. The number of nitrogens with zero attached hydrogens (tertiary/aromatic N) is 4. The van der Waals surface area contributed by atoms with Gasteiger partial charge in [-0.25, -0.2) is 28.1 Å². The Morgan fingerprint density at radius 3 is 2.63 bits per heavy atom. The molecule has 0 bridgehead atoms. The third-order valence-electron chi connectivity index (χ3n) is 4.84. The fourth-order valence-electron chi connectivity index (χ4n) is 3.21. The van der Waals surface area contributed by atoms with Crippen molar-refractivity contribution >= 4 is 27.0 Å². The third kappa shape index (κ3) is 3.57. The van der Waals surface area contributed by atoms with E-state index >= 15 is 0 Å². The Bertz CT molecular complexity index is 1150. The summed E-state index contributed by atoms with van der Waals surface area (Å²) in [6.45, 7) is -0.257. The van der Waals surface area contributed by atoms with Crippen molar-refractivity contribution in [2.24, 2.45) is 0 Å². The van der Waals surface area contributed by atoms with Gasteiger partial charge in [0.25, 0.3) is 0 Å². The summed E-state index contributed by atoms with van der Waals surface area (Å²) < 4.78 is 39.5. The van der Waals surface area contributed by atoms with Crippen molar-refractivity contribution in [1.29, 1.82) is 0 Å². The molecule has 1 aliphatic heterocycles. The van der Waals surface area contributed by atoms with Gasteiger partial charge >= 0.3 is 0 Å². The number of imidazole rings is 1. The van der Waals surface area contributed by atoms with Gasteiger partial charge in [0.05, 0.1) is 18.3 Å². The van der Waals surface area contributed by atoms with Gasteiger partial charge in [-0.2, -0.15) is 0 Å². The lowest BCUT2D eigenvalue weighted by Gasteiger charge is -2.16. The van der Waals surface area contributed by atoms with Crippen LogP contribution >= 0.6 is 0 Å². The molecule has 0 saturated carbocycles. The molecule has 1 fully saturated rings. The molecule has 12 nitrogen and oxygen atoms in total. The number of aromatic nitrogens is 4. The van der Waals surface area contributed by atoms with E-state index in [1.807, 2.05) is 0 Å². The lowest BCUT2D eigenvalue weighted by molar-refractivity contribution is -0.0330. The van der Waals surface area contributed by atoms with E-state index in [0.717, 1.165) is 0 Å². The number of rotatable bonds is 6. The van der Waals surface area contributed by atoms with Crippen molar-refractivity contribution in [1.82, 2.24) is 24.2 Å². The SMILES string of the molecule is COc1ccc(S(=O)(=O)NCC2OC(n3cnc4c(N)ncnc43)C(O)C2O)cc1. The molecule has 1 saturated heterocycles. The summed E-state index contributed by atoms with van der Waals surface area (Å²) in [4.78, 5) is 12.1. The standard InChI is InChI=1S/C17H20N6O6S/c1-28-9-2-4-10(5-3-9)30(26,27)22-6-11-13(24)14(25)17(29-11)23-8-21-12-15(18)19-7-20-16(12)23/h2-5,7-8,11,13-14,17,22,24-25H,6H2,1H3,(H2,18,19,20). The number of hydrogen-bond acceptors (Lipinski definition) is 10. The Hall–Kier alpha value is -2.84. The fraction of sp³-hybridized carbons (Fsp3) is 0.353. The number of methoxy groups -OCH3 is 1. The molecule has 4 rings (SSSR count). The summed E-state index contributed by atoms with van der Waals surface area (Å²) in [7, 11) is -2.38. The minimum absolute atomic E-state index is 0.0284. The Kier molecular flexibility index (Phi) is 5.29. The summed E-state index contributed by atoms with van der Waals surface area (Å²) in [5.41, 5.74) is 6.41. The molecule has 3 aromatic rings. The zero-order valence-electron chi connectivity index (χ0n) is 15.8. The third-order valence-corrected chi connectivity index (χ3v) is 6.28. The topological polar surface area (TPSA) is 175 Å². The van der Waals surface area contributed by atoms with Gasteiger partial charge in [0.1, 0.15) is 35.9 Å². The maximum Gasteiger partial charge on any atom is 0.240 e. The van der Waals surface area contributed by atoms with Crippen molar-refractivity contribution < 1.29 is 28.1 Å². The zero-order chi connectivity index (χ0) is 21.5. The van der Waals surface area contributed by atoms with Crippen molar-refractivity contribution in [3.63, 3.8) is 0 Å². The van der Waals surface area contributed by atoms with Gasteiger partial charge in [-0.05, 0) is 24.3 Å². The first kappa shape index (κ1) is 20.4. The van der Waals surface area contributed by atoms with Gasteiger partial charge in [0.15, 0.2) is 17.7 Å². The second kappa shape index (κ2) is 7.77. The lowest BCUT2D eigenvalue weighted by Crippen LogP contribution is -2.39. The molecule has 0 radical (unpaired) electrons. The smallest absolute Gasteiger partial charge is 0.240 e. The van der Waals surface area contributed by atoms with E-state index < -0.39 is 34.6 Å². The minimum Gasteiger partial charge on any atom is -0.497 e. The van der Waals surface area contributed by atoms with Gasteiger partial charge < -0.3 is 25.4 Å². The van der Waals surface area contributed by atoms with E-state index in [2.05, 4.69) is 19.7 Å². The molecule has 0 spiro atoms. The Morgan fingerprint density at radius 1 is 1.20 bits per heavy atom. The molecular formula is C17H20N6O6S. The number of aliphatic hydroxyl groups is 2. The number of hydrogen-bond donors (Lipinski definition) is 4. The van der Waals surface area contributed by atoms with Gasteiger partial charge in [0.2, 0.25) is 10.0 Å². The molecule has 1 aliphatic rings.